The molecule has 1 aromatic carbocycles. The molecule has 2 aromatic rings. The fraction of sp³-hybridized carbons (Fsp3) is 0. The van der Waals surface area contributed by atoms with E-state index in [0.717, 1.165) is 8.81 Å². The van der Waals surface area contributed by atoms with Crippen molar-refractivity contribution in [3.63, 3.8) is 0 Å². The standard InChI is InChI=1S/C9H6BrNS3/c10-7-1-3-8(4-2-7)13-14-9-11-5-6-12-9/h1-6H. The molecule has 0 N–H and O–H groups in total. The largest absolute Gasteiger partial charge is 0.237 e. The molecule has 0 aliphatic rings. The second-order valence-electron chi connectivity index (χ2n) is 2.42. The van der Waals surface area contributed by atoms with Crippen molar-refractivity contribution in [2.75, 3.05) is 0 Å². The Bertz CT molecular complexity index is 385. The summed E-state index contributed by atoms with van der Waals surface area (Å²) in [5.41, 5.74) is 0. The smallest absolute Gasteiger partial charge is 0.160 e. The number of halogens is 1. The molecule has 1 heterocycles. The Hall–Kier alpha value is 0.0300. The lowest BCUT2D eigenvalue weighted by Crippen LogP contribution is -1.67. The minimum atomic E-state index is 1.10. The Morgan fingerprint density at radius 1 is 1.14 bits per heavy atom. The van der Waals surface area contributed by atoms with Gasteiger partial charge in [0, 0.05) is 20.9 Å². The first kappa shape index (κ1) is 10.5. The summed E-state index contributed by atoms with van der Waals surface area (Å²) in [5, 5.41) is 1.99. The van der Waals surface area contributed by atoms with E-state index in [0.29, 0.717) is 0 Å². The van der Waals surface area contributed by atoms with Gasteiger partial charge in [-0.3, -0.25) is 0 Å². The Kier molecular flexibility index (Phi) is 3.92. The zero-order valence-corrected chi connectivity index (χ0v) is 11.0. The topological polar surface area (TPSA) is 12.9 Å². The number of thiazole rings is 1. The van der Waals surface area contributed by atoms with Crippen molar-refractivity contribution in [3.05, 3.63) is 40.3 Å². The van der Waals surface area contributed by atoms with E-state index in [2.05, 4.69) is 33.0 Å². The molecule has 0 aliphatic carbocycles. The Morgan fingerprint density at radius 3 is 2.57 bits per heavy atom. The van der Waals surface area contributed by atoms with E-state index in [9.17, 15) is 0 Å². The van der Waals surface area contributed by atoms with Gasteiger partial charge >= 0.3 is 0 Å². The van der Waals surface area contributed by atoms with Gasteiger partial charge in [-0.25, -0.2) is 4.98 Å². The molecule has 0 aliphatic heterocycles. The van der Waals surface area contributed by atoms with Gasteiger partial charge in [0.2, 0.25) is 0 Å². The molecule has 0 saturated heterocycles. The molecule has 72 valence electrons. The van der Waals surface area contributed by atoms with Crippen molar-refractivity contribution >= 4 is 48.9 Å². The van der Waals surface area contributed by atoms with Crippen molar-refractivity contribution in [3.8, 4) is 0 Å². The van der Waals surface area contributed by atoms with Crippen LogP contribution in [-0.4, -0.2) is 4.98 Å². The first-order valence-electron chi connectivity index (χ1n) is 3.84. The van der Waals surface area contributed by atoms with Crippen LogP contribution in [0.5, 0.6) is 0 Å². The molecule has 0 amide bonds. The van der Waals surface area contributed by atoms with E-state index in [-0.39, 0.29) is 0 Å². The minimum absolute atomic E-state index is 1.10. The second-order valence-corrected chi connectivity index (χ2v) is 6.68. The van der Waals surface area contributed by atoms with Crippen molar-refractivity contribution < 1.29 is 0 Å². The predicted molar refractivity (Wildman–Crippen MR) is 68.0 cm³/mol. The van der Waals surface area contributed by atoms with Crippen LogP contribution in [0.2, 0.25) is 0 Å². The number of benzene rings is 1. The van der Waals surface area contributed by atoms with E-state index < -0.39 is 0 Å². The van der Waals surface area contributed by atoms with Gasteiger partial charge in [0.15, 0.2) is 4.34 Å². The molecule has 0 spiro atoms. The lowest BCUT2D eigenvalue weighted by atomic mass is 10.4. The summed E-state index contributed by atoms with van der Waals surface area (Å²) in [5.74, 6) is 0. The second kappa shape index (κ2) is 5.21. The highest BCUT2D eigenvalue weighted by Crippen LogP contribution is 2.38. The molecule has 1 aromatic heterocycles. The first-order valence-corrected chi connectivity index (χ1v) is 7.66. The summed E-state index contributed by atoms with van der Waals surface area (Å²) in [6.07, 6.45) is 1.83. The summed E-state index contributed by atoms with van der Waals surface area (Å²) in [6.45, 7) is 0. The maximum Gasteiger partial charge on any atom is 0.160 e. The monoisotopic (exact) mass is 303 g/mol. The fourth-order valence-corrected chi connectivity index (χ4v) is 3.92. The van der Waals surface area contributed by atoms with Crippen LogP contribution in [0.4, 0.5) is 0 Å². The summed E-state index contributed by atoms with van der Waals surface area (Å²) < 4.78 is 2.21. The molecular formula is C9H6BrNS3. The van der Waals surface area contributed by atoms with Gasteiger partial charge in [0.05, 0.1) is 0 Å². The number of aromatic nitrogens is 1. The normalized spacial score (nSPS) is 10.4. The molecule has 5 heteroatoms. The SMILES string of the molecule is Brc1ccc(SSc2nccs2)cc1. The van der Waals surface area contributed by atoms with Crippen LogP contribution in [-0.2, 0) is 0 Å². The van der Waals surface area contributed by atoms with Crippen LogP contribution < -0.4 is 0 Å². The summed E-state index contributed by atoms with van der Waals surface area (Å²) in [6, 6.07) is 8.28. The van der Waals surface area contributed by atoms with Gasteiger partial charge < -0.3 is 0 Å². The maximum absolute atomic E-state index is 4.20. The first-order chi connectivity index (χ1) is 6.84. The summed E-state index contributed by atoms with van der Waals surface area (Å²) in [4.78, 5) is 5.44. The Labute approximate surface area is 103 Å². The Morgan fingerprint density at radius 2 is 1.93 bits per heavy atom. The number of hydrogen-bond acceptors (Lipinski definition) is 4. The van der Waals surface area contributed by atoms with Gasteiger partial charge in [0.1, 0.15) is 0 Å². The lowest BCUT2D eigenvalue weighted by molar-refractivity contribution is 1.26. The molecule has 1 nitrogen and oxygen atoms in total. The van der Waals surface area contributed by atoms with E-state index in [1.807, 2.05) is 23.7 Å². The fourth-order valence-electron chi connectivity index (χ4n) is 0.825. The third-order valence-corrected chi connectivity index (χ3v) is 5.48. The number of nitrogens with zero attached hydrogens (tertiary/aromatic N) is 1. The molecule has 0 unspecified atom stereocenters. The van der Waals surface area contributed by atoms with Gasteiger partial charge in [-0.1, -0.05) is 26.7 Å². The average molecular weight is 304 g/mol. The van der Waals surface area contributed by atoms with Crippen LogP contribution >= 0.6 is 48.9 Å². The molecule has 0 fully saturated rings. The highest BCUT2D eigenvalue weighted by atomic mass is 79.9. The van der Waals surface area contributed by atoms with Crippen molar-refractivity contribution in [1.29, 1.82) is 0 Å². The molecule has 0 bridgehead atoms. The van der Waals surface area contributed by atoms with Crippen LogP contribution in [0.3, 0.4) is 0 Å². The molecule has 0 radical (unpaired) electrons. The number of hydrogen-bond donors (Lipinski definition) is 0. The lowest BCUT2D eigenvalue weighted by Gasteiger charge is -1.97. The zero-order valence-electron chi connectivity index (χ0n) is 7.01. The molecule has 14 heavy (non-hydrogen) atoms. The van der Waals surface area contributed by atoms with Gasteiger partial charge in [-0.2, -0.15) is 0 Å². The van der Waals surface area contributed by atoms with E-state index in [4.69, 9.17) is 0 Å². The van der Waals surface area contributed by atoms with Gasteiger partial charge in [0.25, 0.3) is 0 Å². The maximum atomic E-state index is 4.20. The van der Waals surface area contributed by atoms with Crippen LogP contribution in [0.15, 0.2) is 49.6 Å². The summed E-state index contributed by atoms with van der Waals surface area (Å²) >= 11 is 5.08. The highest BCUT2D eigenvalue weighted by molar-refractivity contribution is 9.10. The minimum Gasteiger partial charge on any atom is -0.237 e. The quantitative estimate of drug-likeness (QED) is 0.763. The van der Waals surface area contributed by atoms with Gasteiger partial charge in [-0.15, -0.1) is 11.3 Å². The molecule has 2 rings (SSSR count). The third-order valence-electron chi connectivity index (χ3n) is 1.43. The van der Waals surface area contributed by atoms with Crippen molar-refractivity contribution in [2.24, 2.45) is 0 Å². The van der Waals surface area contributed by atoms with E-state index in [1.54, 1.807) is 32.9 Å². The average Bonchev–Trinajstić information content (AvgIpc) is 2.70. The van der Waals surface area contributed by atoms with Crippen LogP contribution in [0.25, 0.3) is 0 Å². The van der Waals surface area contributed by atoms with Crippen LogP contribution in [0.1, 0.15) is 0 Å². The Balaban J connectivity index is 1.95. The van der Waals surface area contributed by atoms with Crippen molar-refractivity contribution in [1.82, 2.24) is 4.98 Å². The van der Waals surface area contributed by atoms with E-state index in [1.165, 1.54) is 4.90 Å². The molecule has 0 saturated carbocycles. The summed E-state index contributed by atoms with van der Waals surface area (Å²) in [7, 11) is 3.43. The molecule has 0 atom stereocenters. The molecular weight excluding hydrogens is 298 g/mol. The van der Waals surface area contributed by atoms with Gasteiger partial charge in [-0.05, 0) is 35.1 Å². The highest BCUT2D eigenvalue weighted by Gasteiger charge is 1.98. The third kappa shape index (κ3) is 3.02. The van der Waals surface area contributed by atoms with Crippen LogP contribution in [0, 0.1) is 0 Å². The zero-order chi connectivity index (χ0) is 9.80. The number of rotatable bonds is 3. The van der Waals surface area contributed by atoms with Crippen molar-refractivity contribution in [2.45, 2.75) is 9.24 Å². The van der Waals surface area contributed by atoms with E-state index >= 15 is 0 Å². The predicted octanol–water partition coefficient (Wildman–Crippen LogP) is 4.71.